The van der Waals surface area contributed by atoms with E-state index in [0.717, 1.165) is 18.9 Å². The van der Waals surface area contributed by atoms with Gasteiger partial charge < -0.3 is 10.3 Å². The minimum Gasteiger partial charge on any atom is -0.355 e. The summed E-state index contributed by atoms with van der Waals surface area (Å²) < 4.78 is 0. The molecule has 1 aromatic rings. The van der Waals surface area contributed by atoms with E-state index in [1.165, 1.54) is 25.7 Å². The largest absolute Gasteiger partial charge is 0.355 e. The van der Waals surface area contributed by atoms with Crippen molar-refractivity contribution in [1.29, 1.82) is 0 Å². The number of nitrogens with zero attached hydrogens (tertiary/aromatic N) is 2. The Balaban J connectivity index is 2.29. The number of hydrogen-bond acceptors (Lipinski definition) is 4. The second-order valence-electron chi connectivity index (χ2n) is 4.17. The van der Waals surface area contributed by atoms with Crippen molar-refractivity contribution in [3.63, 3.8) is 0 Å². The number of nitrogen functional groups attached to an aromatic ring is 1. The molecule has 4 nitrogen and oxygen atoms in total. The molecule has 2 heterocycles. The monoisotopic (exact) mass is 274 g/mol. The van der Waals surface area contributed by atoms with E-state index in [4.69, 9.17) is 29.0 Å². The summed E-state index contributed by atoms with van der Waals surface area (Å²) in [6.07, 6.45) is 4.88. The van der Waals surface area contributed by atoms with Gasteiger partial charge in [-0.3, -0.25) is 0 Å². The highest BCUT2D eigenvalue weighted by molar-refractivity contribution is 6.37. The van der Waals surface area contributed by atoms with Crippen molar-refractivity contribution in [2.45, 2.75) is 25.7 Å². The van der Waals surface area contributed by atoms with Crippen LogP contribution < -0.4 is 16.2 Å². The summed E-state index contributed by atoms with van der Waals surface area (Å²) in [5.41, 5.74) is 2.49. The maximum absolute atomic E-state index is 6.19. The lowest BCUT2D eigenvalue weighted by atomic mass is 10.2. The third-order valence-electron chi connectivity index (χ3n) is 2.95. The van der Waals surface area contributed by atoms with Gasteiger partial charge in [0.2, 0.25) is 0 Å². The molecule has 0 atom stereocenters. The van der Waals surface area contributed by atoms with Gasteiger partial charge in [-0.05, 0) is 18.9 Å². The van der Waals surface area contributed by atoms with Crippen LogP contribution in [0.3, 0.4) is 0 Å². The fourth-order valence-corrected chi connectivity index (χ4v) is 2.60. The Bertz CT molecular complexity index is 389. The number of aromatic nitrogens is 1. The molecule has 0 radical (unpaired) electrons. The van der Waals surface area contributed by atoms with Crippen LogP contribution in [0, 0.1) is 0 Å². The molecule has 1 aliphatic heterocycles. The molecule has 1 fully saturated rings. The lowest BCUT2D eigenvalue weighted by Crippen LogP contribution is -2.25. The number of nitrogens with one attached hydrogen (secondary N) is 1. The fraction of sp³-hybridized carbons (Fsp3) is 0.545. The third kappa shape index (κ3) is 2.94. The lowest BCUT2D eigenvalue weighted by molar-refractivity contribution is 0.726. The maximum atomic E-state index is 6.19. The molecular formula is C11H16Cl2N4. The van der Waals surface area contributed by atoms with Crippen LogP contribution >= 0.6 is 23.2 Å². The minimum absolute atomic E-state index is 0.441. The van der Waals surface area contributed by atoms with Crippen LogP contribution in [0.2, 0.25) is 10.0 Å². The molecule has 0 unspecified atom stereocenters. The third-order valence-corrected chi connectivity index (χ3v) is 3.52. The Morgan fingerprint density at radius 1 is 1.12 bits per heavy atom. The average Bonchev–Trinajstić information content (AvgIpc) is 2.58. The van der Waals surface area contributed by atoms with Gasteiger partial charge in [-0.15, -0.1) is 0 Å². The van der Waals surface area contributed by atoms with E-state index in [1.54, 1.807) is 6.07 Å². The molecule has 3 N–H and O–H groups in total. The van der Waals surface area contributed by atoms with E-state index >= 15 is 0 Å². The van der Waals surface area contributed by atoms with Gasteiger partial charge in [0.05, 0.1) is 10.0 Å². The van der Waals surface area contributed by atoms with Crippen molar-refractivity contribution in [3.8, 4) is 0 Å². The van der Waals surface area contributed by atoms with E-state index in [2.05, 4.69) is 15.3 Å². The summed E-state index contributed by atoms with van der Waals surface area (Å²) in [6, 6.07) is 1.69. The maximum Gasteiger partial charge on any atom is 0.161 e. The number of rotatable bonds is 2. The smallest absolute Gasteiger partial charge is 0.161 e. The predicted octanol–water partition coefficient (Wildman–Crippen LogP) is 3.05. The van der Waals surface area contributed by atoms with E-state index < -0.39 is 0 Å². The standard InChI is InChI=1S/C11H16Cl2N4/c12-8-7-9(13)11(15-10(8)16-14)17-5-3-1-2-4-6-17/h7H,1-6,14H2,(H,15,16). The van der Waals surface area contributed by atoms with E-state index in [0.29, 0.717) is 15.9 Å². The zero-order valence-corrected chi connectivity index (χ0v) is 11.1. The normalized spacial score (nSPS) is 16.8. The van der Waals surface area contributed by atoms with Crippen LogP contribution in [0.5, 0.6) is 0 Å². The van der Waals surface area contributed by atoms with Gasteiger partial charge in [-0.2, -0.15) is 0 Å². The highest BCUT2D eigenvalue weighted by Crippen LogP contribution is 2.32. The average molecular weight is 275 g/mol. The minimum atomic E-state index is 0.441. The first-order chi connectivity index (χ1) is 8.22. The topological polar surface area (TPSA) is 54.2 Å². The SMILES string of the molecule is NNc1nc(N2CCCCCC2)c(Cl)cc1Cl. The van der Waals surface area contributed by atoms with Crippen molar-refractivity contribution >= 4 is 34.8 Å². The van der Waals surface area contributed by atoms with Gasteiger partial charge in [0.1, 0.15) is 5.82 Å². The molecule has 6 heteroatoms. The van der Waals surface area contributed by atoms with Gasteiger partial charge >= 0.3 is 0 Å². The number of hydrazine groups is 1. The van der Waals surface area contributed by atoms with Gasteiger partial charge in [0.15, 0.2) is 5.82 Å². The summed E-state index contributed by atoms with van der Waals surface area (Å²) >= 11 is 12.2. The Hall–Kier alpha value is -0.710. The first kappa shape index (κ1) is 12.7. The van der Waals surface area contributed by atoms with Gasteiger partial charge in [-0.25, -0.2) is 10.8 Å². The lowest BCUT2D eigenvalue weighted by Gasteiger charge is -2.23. The summed E-state index contributed by atoms with van der Waals surface area (Å²) in [5.74, 6) is 6.61. The molecule has 0 saturated carbocycles. The van der Waals surface area contributed by atoms with Gasteiger partial charge in [0.25, 0.3) is 0 Å². The molecule has 17 heavy (non-hydrogen) atoms. The molecule has 1 aromatic heterocycles. The van der Waals surface area contributed by atoms with Crippen LogP contribution in [0.1, 0.15) is 25.7 Å². The Morgan fingerprint density at radius 3 is 2.35 bits per heavy atom. The van der Waals surface area contributed by atoms with Crippen molar-refractivity contribution in [2.75, 3.05) is 23.4 Å². The van der Waals surface area contributed by atoms with Crippen molar-refractivity contribution < 1.29 is 0 Å². The molecule has 0 aliphatic carbocycles. The second-order valence-corrected chi connectivity index (χ2v) is 4.98. The molecule has 94 valence electrons. The number of halogens is 2. The van der Waals surface area contributed by atoms with Crippen LogP contribution in [0.25, 0.3) is 0 Å². The zero-order valence-electron chi connectivity index (χ0n) is 9.55. The van der Waals surface area contributed by atoms with Gasteiger partial charge in [-0.1, -0.05) is 36.0 Å². The van der Waals surface area contributed by atoms with E-state index in [9.17, 15) is 0 Å². The highest BCUT2D eigenvalue weighted by atomic mass is 35.5. The number of pyridine rings is 1. The predicted molar refractivity (Wildman–Crippen MR) is 72.7 cm³/mol. The zero-order chi connectivity index (χ0) is 12.3. The Kier molecular flexibility index (Phi) is 4.31. The Morgan fingerprint density at radius 2 is 1.76 bits per heavy atom. The molecule has 0 spiro atoms. The van der Waals surface area contributed by atoms with Crippen LogP contribution in [-0.4, -0.2) is 18.1 Å². The van der Waals surface area contributed by atoms with Crippen LogP contribution in [0.15, 0.2) is 6.07 Å². The molecule has 0 bridgehead atoms. The molecule has 0 aromatic carbocycles. The highest BCUT2D eigenvalue weighted by Gasteiger charge is 2.16. The number of nitrogens with two attached hydrogens (primary N) is 1. The summed E-state index contributed by atoms with van der Waals surface area (Å²) in [5, 5.41) is 1.02. The van der Waals surface area contributed by atoms with Crippen LogP contribution in [0.4, 0.5) is 11.6 Å². The molecule has 1 saturated heterocycles. The summed E-state index contributed by atoms with van der Waals surface area (Å²) in [4.78, 5) is 6.58. The number of anilines is 2. The van der Waals surface area contributed by atoms with E-state index in [1.807, 2.05) is 0 Å². The molecule has 0 amide bonds. The van der Waals surface area contributed by atoms with Crippen molar-refractivity contribution in [2.24, 2.45) is 5.84 Å². The molecular weight excluding hydrogens is 259 g/mol. The first-order valence-electron chi connectivity index (χ1n) is 5.80. The first-order valence-corrected chi connectivity index (χ1v) is 6.55. The van der Waals surface area contributed by atoms with E-state index in [-0.39, 0.29) is 0 Å². The summed E-state index contributed by atoms with van der Waals surface area (Å²) in [7, 11) is 0. The fourth-order valence-electron chi connectivity index (χ4n) is 2.06. The second kappa shape index (κ2) is 5.76. The van der Waals surface area contributed by atoms with Crippen molar-refractivity contribution in [1.82, 2.24) is 4.98 Å². The molecule has 1 aliphatic rings. The molecule has 2 rings (SSSR count). The Labute approximate surface area is 111 Å². The number of hydrogen-bond donors (Lipinski definition) is 2. The summed E-state index contributed by atoms with van der Waals surface area (Å²) in [6.45, 7) is 1.97. The van der Waals surface area contributed by atoms with Gasteiger partial charge in [0, 0.05) is 13.1 Å². The quantitative estimate of drug-likeness (QED) is 0.643. The van der Waals surface area contributed by atoms with Crippen LogP contribution in [-0.2, 0) is 0 Å². The van der Waals surface area contributed by atoms with Crippen molar-refractivity contribution in [3.05, 3.63) is 16.1 Å².